The van der Waals surface area contributed by atoms with Crippen molar-refractivity contribution in [3.05, 3.63) is 63.2 Å². The minimum Gasteiger partial charge on any atom is -0.452 e. The average molecular weight is 401 g/mol. The smallest absolute Gasteiger partial charge is 0.387 e. The third-order valence-electron chi connectivity index (χ3n) is 3.06. The Bertz CT molecular complexity index is 878. The van der Waals surface area contributed by atoms with E-state index >= 15 is 0 Å². The zero-order valence-corrected chi connectivity index (χ0v) is 14.1. The van der Waals surface area contributed by atoms with Gasteiger partial charge in [0.25, 0.3) is 11.6 Å². The summed E-state index contributed by atoms with van der Waals surface area (Å²) in [6.45, 7) is -3.82. The monoisotopic (exact) mass is 400 g/mol. The molecule has 0 aliphatic heterocycles. The molecule has 0 aliphatic carbocycles. The maximum Gasteiger partial charge on any atom is 0.387 e. The van der Waals surface area contributed by atoms with Crippen LogP contribution in [0.3, 0.4) is 0 Å². The van der Waals surface area contributed by atoms with Crippen LogP contribution < -0.4 is 10.1 Å². The van der Waals surface area contributed by atoms with Crippen LogP contribution in [0, 0.1) is 10.1 Å². The molecule has 0 aliphatic rings. The van der Waals surface area contributed by atoms with Crippen LogP contribution in [0.4, 0.5) is 20.2 Å². The molecule has 142 valence electrons. The number of hydrogen-bond acceptors (Lipinski definition) is 6. The summed E-state index contributed by atoms with van der Waals surface area (Å²) in [4.78, 5) is 34.0. The lowest BCUT2D eigenvalue weighted by molar-refractivity contribution is -0.383. The maximum absolute atomic E-state index is 12.2. The number of anilines is 1. The number of carbonyl (C=O) groups is 2. The van der Waals surface area contributed by atoms with Gasteiger partial charge in [-0.15, -0.1) is 0 Å². The number of nitro benzene ring substituents is 1. The van der Waals surface area contributed by atoms with Crippen molar-refractivity contribution < 1.29 is 32.8 Å². The standard InChI is InChI=1S/C16H11ClF2N2O6/c17-10-4-5-13(21(24)25)12(7-10)20-14(22)8-26-15(23)9-2-1-3-11(6-9)27-16(18)19/h1-7,16H,8H2,(H,20,22). The van der Waals surface area contributed by atoms with Gasteiger partial charge in [-0.2, -0.15) is 8.78 Å². The summed E-state index contributed by atoms with van der Waals surface area (Å²) in [6, 6.07) is 8.37. The van der Waals surface area contributed by atoms with E-state index in [0.29, 0.717) is 0 Å². The van der Waals surface area contributed by atoms with Gasteiger partial charge in [-0.1, -0.05) is 17.7 Å². The van der Waals surface area contributed by atoms with Crippen LogP contribution in [-0.2, 0) is 9.53 Å². The predicted molar refractivity (Wildman–Crippen MR) is 90.1 cm³/mol. The fraction of sp³-hybridized carbons (Fsp3) is 0.125. The summed E-state index contributed by atoms with van der Waals surface area (Å²) in [5.74, 6) is -2.07. The van der Waals surface area contributed by atoms with Crippen molar-refractivity contribution in [1.29, 1.82) is 0 Å². The Labute approximate surface area is 155 Å². The van der Waals surface area contributed by atoms with Crippen molar-refractivity contribution in [2.45, 2.75) is 6.61 Å². The van der Waals surface area contributed by atoms with Gasteiger partial charge in [0, 0.05) is 11.1 Å². The number of hydrogen-bond donors (Lipinski definition) is 1. The molecule has 0 bridgehead atoms. The molecule has 1 amide bonds. The second-order valence-electron chi connectivity index (χ2n) is 4.95. The van der Waals surface area contributed by atoms with Gasteiger partial charge in [-0.05, 0) is 30.3 Å². The van der Waals surface area contributed by atoms with E-state index in [4.69, 9.17) is 16.3 Å². The number of carbonyl (C=O) groups excluding carboxylic acids is 2. The Morgan fingerprint density at radius 2 is 1.96 bits per heavy atom. The average Bonchev–Trinajstić information content (AvgIpc) is 2.59. The molecule has 0 heterocycles. The number of benzene rings is 2. The van der Waals surface area contributed by atoms with E-state index in [1.807, 2.05) is 0 Å². The first kappa shape index (κ1) is 20.0. The summed E-state index contributed by atoms with van der Waals surface area (Å²) in [7, 11) is 0. The molecular formula is C16H11ClF2N2O6. The number of nitro groups is 1. The molecule has 0 atom stereocenters. The first-order valence-corrected chi connectivity index (χ1v) is 7.60. The van der Waals surface area contributed by atoms with Crippen molar-refractivity contribution in [3.63, 3.8) is 0 Å². The molecule has 0 radical (unpaired) electrons. The van der Waals surface area contributed by atoms with Crippen molar-refractivity contribution in [2.24, 2.45) is 0 Å². The largest absolute Gasteiger partial charge is 0.452 e. The molecule has 8 nitrogen and oxygen atoms in total. The third kappa shape index (κ3) is 5.89. The highest BCUT2D eigenvalue weighted by Gasteiger charge is 2.18. The second-order valence-corrected chi connectivity index (χ2v) is 5.39. The number of nitrogens with one attached hydrogen (secondary N) is 1. The molecule has 27 heavy (non-hydrogen) atoms. The lowest BCUT2D eigenvalue weighted by atomic mass is 10.2. The first-order valence-electron chi connectivity index (χ1n) is 7.22. The summed E-state index contributed by atoms with van der Waals surface area (Å²) >= 11 is 5.74. The number of ether oxygens (including phenoxy) is 2. The summed E-state index contributed by atoms with van der Waals surface area (Å²) < 4.78 is 33.3. The molecule has 11 heteroatoms. The fourth-order valence-electron chi connectivity index (χ4n) is 1.97. The zero-order chi connectivity index (χ0) is 20.0. The second kappa shape index (κ2) is 8.90. The summed E-state index contributed by atoms with van der Waals surface area (Å²) in [5.41, 5.74) is -0.675. The molecule has 1 N–H and O–H groups in total. The number of amides is 1. The Hall–Kier alpha value is -3.27. The van der Waals surface area contributed by atoms with E-state index < -0.39 is 35.7 Å². The lowest BCUT2D eigenvalue weighted by Crippen LogP contribution is -2.21. The SMILES string of the molecule is O=C(COC(=O)c1cccc(OC(F)F)c1)Nc1cc(Cl)ccc1[N+](=O)[O-]. The molecule has 0 fully saturated rings. The molecule has 2 aromatic carbocycles. The van der Waals surface area contributed by atoms with Gasteiger partial charge in [0.2, 0.25) is 0 Å². The number of esters is 1. The van der Waals surface area contributed by atoms with Crippen molar-refractivity contribution in [1.82, 2.24) is 0 Å². The van der Waals surface area contributed by atoms with Crippen LogP contribution in [0.15, 0.2) is 42.5 Å². The topological polar surface area (TPSA) is 108 Å². The quantitative estimate of drug-likeness (QED) is 0.432. The Morgan fingerprint density at radius 3 is 2.63 bits per heavy atom. The van der Waals surface area contributed by atoms with E-state index in [1.165, 1.54) is 30.3 Å². The molecule has 0 unspecified atom stereocenters. The molecule has 2 rings (SSSR count). The fourth-order valence-corrected chi connectivity index (χ4v) is 2.14. The Kier molecular flexibility index (Phi) is 6.61. The lowest BCUT2D eigenvalue weighted by Gasteiger charge is -2.09. The predicted octanol–water partition coefficient (Wildman–Crippen LogP) is 3.65. The number of nitrogens with zero attached hydrogens (tertiary/aromatic N) is 1. The first-order chi connectivity index (χ1) is 12.8. The maximum atomic E-state index is 12.2. The number of alkyl halides is 2. The normalized spacial score (nSPS) is 10.4. The molecule has 2 aromatic rings. The Balaban J connectivity index is 1.99. The van der Waals surface area contributed by atoms with Crippen LogP contribution in [0.5, 0.6) is 5.75 Å². The minimum absolute atomic E-state index is 0.116. The van der Waals surface area contributed by atoms with Crippen LogP contribution in [0.1, 0.15) is 10.4 Å². The molecular weight excluding hydrogens is 390 g/mol. The van der Waals surface area contributed by atoms with E-state index in [1.54, 1.807) is 0 Å². The summed E-state index contributed by atoms with van der Waals surface area (Å²) in [6.07, 6.45) is 0. The van der Waals surface area contributed by atoms with Crippen LogP contribution in [0.2, 0.25) is 5.02 Å². The zero-order valence-electron chi connectivity index (χ0n) is 13.4. The minimum atomic E-state index is -3.06. The third-order valence-corrected chi connectivity index (χ3v) is 3.29. The molecule has 0 spiro atoms. The van der Waals surface area contributed by atoms with Crippen molar-refractivity contribution in [2.75, 3.05) is 11.9 Å². The molecule has 0 saturated carbocycles. The van der Waals surface area contributed by atoms with Crippen LogP contribution >= 0.6 is 11.6 Å². The van der Waals surface area contributed by atoms with Gasteiger partial charge in [0.15, 0.2) is 6.61 Å². The molecule has 0 aromatic heterocycles. The van der Waals surface area contributed by atoms with Gasteiger partial charge < -0.3 is 14.8 Å². The van der Waals surface area contributed by atoms with Crippen molar-refractivity contribution in [3.8, 4) is 5.75 Å². The van der Waals surface area contributed by atoms with Gasteiger partial charge in [-0.3, -0.25) is 14.9 Å². The van der Waals surface area contributed by atoms with E-state index in [0.717, 1.165) is 12.1 Å². The summed E-state index contributed by atoms with van der Waals surface area (Å²) in [5, 5.41) is 13.3. The molecule has 0 saturated heterocycles. The van der Waals surface area contributed by atoms with E-state index in [9.17, 15) is 28.5 Å². The van der Waals surface area contributed by atoms with Crippen LogP contribution in [0.25, 0.3) is 0 Å². The van der Waals surface area contributed by atoms with E-state index in [2.05, 4.69) is 10.1 Å². The highest BCUT2D eigenvalue weighted by molar-refractivity contribution is 6.31. The van der Waals surface area contributed by atoms with E-state index in [-0.39, 0.29) is 22.0 Å². The van der Waals surface area contributed by atoms with Gasteiger partial charge in [0.05, 0.1) is 10.5 Å². The van der Waals surface area contributed by atoms with Gasteiger partial charge in [0.1, 0.15) is 11.4 Å². The van der Waals surface area contributed by atoms with Crippen LogP contribution in [-0.4, -0.2) is 30.0 Å². The number of rotatable bonds is 7. The Morgan fingerprint density at radius 1 is 1.22 bits per heavy atom. The number of halogens is 3. The van der Waals surface area contributed by atoms with Gasteiger partial charge >= 0.3 is 12.6 Å². The van der Waals surface area contributed by atoms with Gasteiger partial charge in [-0.25, -0.2) is 4.79 Å². The highest BCUT2D eigenvalue weighted by Crippen LogP contribution is 2.27. The van der Waals surface area contributed by atoms with Crippen molar-refractivity contribution >= 4 is 34.9 Å². The highest BCUT2D eigenvalue weighted by atomic mass is 35.5.